The summed E-state index contributed by atoms with van der Waals surface area (Å²) in [6, 6.07) is 3.67. The fourth-order valence-corrected chi connectivity index (χ4v) is 4.74. The molecule has 20 heavy (non-hydrogen) atoms. The Morgan fingerprint density at radius 2 is 1.90 bits per heavy atom. The van der Waals surface area contributed by atoms with Crippen LogP contribution in [0, 0.1) is 5.92 Å². The van der Waals surface area contributed by atoms with Crippen LogP contribution in [0.3, 0.4) is 0 Å². The predicted molar refractivity (Wildman–Crippen MR) is 68.8 cm³/mol. The minimum absolute atomic E-state index is 0.222. The van der Waals surface area contributed by atoms with E-state index in [4.69, 9.17) is 5.73 Å². The number of nitrogens with two attached hydrogens (primary N) is 1. The highest BCUT2D eigenvalue weighted by molar-refractivity contribution is 7.92. The van der Waals surface area contributed by atoms with Gasteiger partial charge in [0.2, 0.25) is 0 Å². The maximum Gasteiger partial charge on any atom is 0.416 e. The maximum absolute atomic E-state index is 12.7. The minimum Gasteiger partial charge on any atom is -0.327 e. The van der Waals surface area contributed by atoms with Crippen LogP contribution in [0.15, 0.2) is 29.2 Å². The molecule has 0 spiro atoms. The van der Waals surface area contributed by atoms with E-state index < -0.39 is 26.8 Å². The third-order valence-electron chi connectivity index (χ3n) is 3.93. The van der Waals surface area contributed by atoms with E-state index >= 15 is 0 Å². The van der Waals surface area contributed by atoms with Crippen LogP contribution in [0.1, 0.15) is 25.3 Å². The summed E-state index contributed by atoms with van der Waals surface area (Å²) in [5, 5.41) is -0.707. The molecule has 1 fully saturated rings. The fraction of sp³-hybridized carbons (Fsp3) is 0.538. The first-order valence-electron chi connectivity index (χ1n) is 6.31. The van der Waals surface area contributed by atoms with Gasteiger partial charge in [0, 0.05) is 6.04 Å². The van der Waals surface area contributed by atoms with Crippen LogP contribution in [0.5, 0.6) is 0 Å². The zero-order valence-electron chi connectivity index (χ0n) is 10.9. The average molecular weight is 307 g/mol. The second-order valence-corrected chi connectivity index (χ2v) is 7.38. The monoisotopic (exact) mass is 307 g/mol. The van der Waals surface area contributed by atoms with Gasteiger partial charge < -0.3 is 5.73 Å². The van der Waals surface area contributed by atoms with E-state index in [1.54, 1.807) is 6.92 Å². The molecule has 1 saturated carbocycles. The van der Waals surface area contributed by atoms with Gasteiger partial charge in [-0.1, -0.05) is 13.0 Å². The fourth-order valence-electron chi connectivity index (χ4n) is 2.62. The van der Waals surface area contributed by atoms with Crippen LogP contribution in [0.2, 0.25) is 0 Å². The number of sulfone groups is 1. The number of rotatable bonds is 2. The van der Waals surface area contributed by atoms with Gasteiger partial charge in [0.05, 0.1) is 15.7 Å². The van der Waals surface area contributed by atoms with E-state index in [2.05, 4.69) is 0 Å². The number of benzene rings is 1. The molecule has 3 atom stereocenters. The largest absolute Gasteiger partial charge is 0.416 e. The third-order valence-corrected chi connectivity index (χ3v) is 6.31. The Balaban J connectivity index is 2.41. The molecule has 1 aliphatic rings. The lowest BCUT2D eigenvalue weighted by Crippen LogP contribution is -2.32. The van der Waals surface area contributed by atoms with Crippen molar-refractivity contribution in [1.82, 2.24) is 0 Å². The minimum atomic E-state index is -4.55. The van der Waals surface area contributed by atoms with E-state index in [0.717, 1.165) is 12.1 Å². The van der Waals surface area contributed by atoms with Crippen LogP contribution < -0.4 is 5.73 Å². The van der Waals surface area contributed by atoms with Gasteiger partial charge in [-0.05, 0) is 37.0 Å². The molecule has 3 unspecified atom stereocenters. The van der Waals surface area contributed by atoms with E-state index in [0.29, 0.717) is 18.9 Å². The Hall–Kier alpha value is -1.08. The van der Waals surface area contributed by atoms with E-state index in [9.17, 15) is 21.6 Å². The van der Waals surface area contributed by atoms with E-state index in [1.807, 2.05) is 0 Å². The van der Waals surface area contributed by atoms with Crippen molar-refractivity contribution < 1.29 is 21.6 Å². The van der Waals surface area contributed by atoms with Gasteiger partial charge in [-0.2, -0.15) is 13.2 Å². The predicted octanol–water partition coefficient (Wildman–Crippen LogP) is 2.60. The van der Waals surface area contributed by atoms with Crippen molar-refractivity contribution in [3.8, 4) is 0 Å². The first-order chi connectivity index (χ1) is 9.14. The molecule has 2 N–H and O–H groups in total. The second kappa shape index (κ2) is 5.04. The maximum atomic E-state index is 12.7. The molecule has 0 radical (unpaired) electrons. The van der Waals surface area contributed by atoms with Gasteiger partial charge >= 0.3 is 6.18 Å². The van der Waals surface area contributed by atoms with E-state index in [1.165, 1.54) is 6.07 Å². The van der Waals surface area contributed by atoms with Crippen LogP contribution in [-0.2, 0) is 16.0 Å². The standard InChI is InChI=1S/C13H16F3NO2S/c1-8-11(17)5-6-12(8)20(18,19)10-4-2-3-9(7-10)13(14,15)16/h2-4,7-8,11-12H,5-6,17H2,1H3. The lowest BCUT2D eigenvalue weighted by molar-refractivity contribution is -0.137. The van der Waals surface area contributed by atoms with Crippen molar-refractivity contribution in [1.29, 1.82) is 0 Å². The topological polar surface area (TPSA) is 60.2 Å². The molecule has 0 bridgehead atoms. The molecule has 3 nitrogen and oxygen atoms in total. The van der Waals surface area contributed by atoms with Gasteiger partial charge in [0.1, 0.15) is 0 Å². The van der Waals surface area contributed by atoms with E-state index in [-0.39, 0.29) is 16.9 Å². The zero-order valence-corrected chi connectivity index (χ0v) is 11.7. The van der Waals surface area contributed by atoms with Crippen molar-refractivity contribution in [3.63, 3.8) is 0 Å². The first-order valence-corrected chi connectivity index (χ1v) is 7.85. The Morgan fingerprint density at radius 3 is 2.40 bits per heavy atom. The highest BCUT2D eigenvalue weighted by Gasteiger charge is 2.41. The van der Waals surface area contributed by atoms with Crippen LogP contribution in [0.25, 0.3) is 0 Å². The third kappa shape index (κ3) is 2.69. The number of hydrogen-bond acceptors (Lipinski definition) is 3. The highest BCUT2D eigenvalue weighted by atomic mass is 32.2. The summed E-state index contributed by atoms with van der Waals surface area (Å²) in [7, 11) is -3.78. The van der Waals surface area contributed by atoms with Gasteiger partial charge in [-0.3, -0.25) is 0 Å². The summed E-state index contributed by atoms with van der Waals surface area (Å²) in [5.74, 6) is -0.255. The van der Waals surface area contributed by atoms with Crippen molar-refractivity contribution in [2.24, 2.45) is 11.7 Å². The highest BCUT2D eigenvalue weighted by Crippen LogP contribution is 2.36. The summed E-state index contributed by atoms with van der Waals surface area (Å²) >= 11 is 0. The quantitative estimate of drug-likeness (QED) is 0.913. The molecule has 0 aliphatic heterocycles. The summed E-state index contributed by atoms with van der Waals surface area (Å²) in [4.78, 5) is -0.279. The molecular weight excluding hydrogens is 291 g/mol. The molecule has 7 heteroatoms. The molecule has 1 aromatic carbocycles. The molecule has 112 valence electrons. The van der Waals surface area contributed by atoms with Crippen molar-refractivity contribution in [2.45, 2.75) is 42.1 Å². The smallest absolute Gasteiger partial charge is 0.327 e. The first kappa shape index (κ1) is 15.3. The Labute approximate surface area is 115 Å². The summed E-state index contributed by atoms with van der Waals surface area (Å²) in [6.45, 7) is 1.73. The van der Waals surface area contributed by atoms with Crippen LogP contribution in [0.4, 0.5) is 13.2 Å². The number of halogens is 3. The Kier molecular flexibility index (Phi) is 3.85. The lowest BCUT2D eigenvalue weighted by Gasteiger charge is -2.19. The van der Waals surface area contributed by atoms with Gasteiger partial charge in [-0.25, -0.2) is 8.42 Å². The zero-order chi connectivity index (χ0) is 15.1. The lowest BCUT2D eigenvalue weighted by atomic mass is 10.1. The molecule has 0 heterocycles. The van der Waals surface area contributed by atoms with Crippen LogP contribution in [-0.4, -0.2) is 19.7 Å². The van der Waals surface area contributed by atoms with Gasteiger partial charge in [0.25, 0.3) is 0 Å². The summed E-state index contributed by atoms with van der Waals surface area (Å²) in [6.07, 6.45) is -3.59. The molecule has 0 amide bonds. The Bertz CT molecular complexity index is 598. The van der Waals surface area contributed by atoms with Gasteiger partial charge in [0.15, 0.2) is 9.84 Å². The normalized spacial score (nSPS) is 27.8. The van der Waals surface area contributed by atoms with Crippen molar-refractivity contribution in [3.05, 3.63) is 29.8 Å². The molecular formula is C13H16F3NO2S. The SMILES string of the molecule is CC1C(N)CCC1S(=O)(=O)c1cccc(C(F)(F)F)c1. The molecule has 0 aromatic heterocycles. The average Bonchev–Trinajstić information content (AvgIpc) is 2.70. The molecule has 1 aromatic rings. The number of alkyl halides is 3. The van der Waals surface area contributed by atoms with Crippen molar-refractivity contribution >= 4 is 9.84 Å². The molecule has 2 rings (SSSR count). The Morgan fingerprint density at radius 1 is 1.25 bits per heavy atom. The molecule has 0 saturated heterocycles. The number of hydrogen-bond donors (Lipinski definition) is 1. The molecule has 1 aliphatic carbocycles. The second-order valence-electron chi connectivity index (χ2n) is 5.21. The van der Waals surface area contributed by atoms with Gasteiger partial charge in [-0.15, -0.1) is 0 Å². The van der Waals surface area contributed by atoms with Crippen LogP contribution >= 0.6 is 0 Å². The summed E-state index contributed by atoms with van der Waals surface area (Å²) < 4.78 is 62.9. The van der Waals surface area contributed by atoms with Crippen molar-refractivity contribution in [2.75, 3.05) is 0 Å². The summed E-state index contributed by atoms with van der Waals surface area (Å²) in [5.41, 5.74) is 4.85.